The van der Waals surface area contributed by atoms with Crippen LogP contribution in [0.4, 0.5) is 17.2 Å². The van der Waals surface area contributed by atoms with Crippen LogP contribution in [0, 0.1) is 5.41 Å². The monoisotopic (exact) mass is 523 g/mol. The molecule has 0 spiro atoms. The van der Waals surface area contributed by atoms with E-state index in [2.05, 4.69) is 20.9 Å². The van der Waals surface area contributed by atoms with Gasteiger partial charge in [-0.05, 0) is 67.6 Å². The van der Waals surface area contributed by atoms with Gasteiger partial charge in [-0.2, -0.15) is 0 Å². The smallest absolute Gasteiger partial charge is 0.259 e. The molecule has 0 saturated heterocycles. The zero-order valence-corrected chi connectivity index (χ0v) is 21.4. The standard InChI is InChI=1S/C26H30ClN7O3/c1-34(2)25(29)17-4-7-19(8-5-17)32-22-10-9-20(37-16-24(35)30-13-3-12-28)14-21(22)26(36)33-23-11-6-18(27)15-31-23/h4-11,14-15,29,32H,3,12-13,16,28H2,1-2H3,(H,30,35)(H,31,33,36). The highest BCUT2D eigenvalue weighted by molar-refractivity contribution is 6.30. The summed E-state index contributed by atoms with van der Waals surface area (Å²) in [6.07, 6.45) is 2.11. The Kier molecular flexibility index (Phi) is 9.82. The van der Waals surface area contributed by atoms with Crippen molar-refractivity contribution in [2.24, 2.45) is 5.73 Å². The van der Waals surface area contributed by atoms with Crippen molar-refractivity contribution in [2.75, 3.05) is 44.4 Å². The number of halogens is 1. The molecule has 1 heterocycles. The van der Waals surface area contributed by atoms with E-state index < -0.39 is 5.91 Å². The Bertz CT molecular complexity index is 1230. The van der Waals surface area contributed by atoms with Crippen molar-refractivity contribution in [3.63, 3.8) is 0 Å². The molecule has 0 aliphatic rings. The summed E-state index contributed by atoms with van der Waals surface area (Å²) < 4.78 is 5.61. The molecule has 0 unspecified atom stereocenters. The number of aromatic nitrogens is 1. The van der Waals surface area contributed by atoms with Gasteiger partial charge in [0.25, 0.3) is 11.8 Å². The number of hydrogen-bond donors (Lipinski definition) is 5. The lowest BCUT2D eigenvalue weighted by atomic mass is 10.1. The van der Waals surface area contributed by atoms with E-state index >= 15 is 0 Å². The Morgan fingerprint density at radius 3 is 2.51 bits per heavy atom. The van der Waals surface area contributed by atoms with Gasteiger partial charge in [-0.25, -0.2) is 4.98 Å². The summed E-state index contributed by atoms with van der Waals surface area (Å²) in [5.41, 5.74) is 7.72. The van der Waals surface area contributed by atoms with Crippen molar-refractivity contribution >= 4 is 46.4 Å². The summed E-state index contributed by atoms with van der Waals surface area (Å²) in [5.74, 6) is 0.355. The average Bonchev–Trinajstić information content (AvgIpc) is 2.89. The summed E-state index contributed by atoms with van der Waals surface area (Å²) in [5, 5.41) is 17.3. The van der Waals surface area contributed by atoms with Gasteiger partial charge < -0.3 is 31.3 Å². The molecular formula is C26H30ClN7O3. The van der Waals surface area contributed by atoms with E-state index in [4.69, 9.17) is 27.5 Å². The minimum atomic E-state index is -0.429. The number of nitrogens with zero attached hydrogens (tertiary/aromatic N) is 2. The molecule has 3 rings (SSSR count). The van der Waals surface area contributed by atoms with Crippen molar-refractivity contribution in [3.8, 4) is 5.75 Å². The molecule has 0 fully saturated rings. The Morgan fingerprint density at radius 2 is 1.86 bits per heavy atom. The number of pyridine rings is 1. The normalized spacial score (nSPS) is 10.4. The van der Waals surface area contributed by atoms with Gasteiger partial charge in [-0.3, -0.25) is 15.0 Å². The molecule has 11 heteroatoms. The number of nitrogens with one attached hydrogen (secondary N) is 4. The first-order chi connectivity index (χ1) is 17.8. The molecular weight excluding hydrogens is 494 g/mol. The fourth-order valence-corrected chi connectivity index (χ4v) is 3.31. The van der Waals surface area contributed by atoms with Crippen LogP contribution in [0.25, 0.3) is 0 Å². The number of anilines is 3. The number of carbonyl (C=O) groups is 2. The highest BCUT2D eigenvalue weighted by Gasteiger charge is 2.15. The second-order valence-electron chi connectivity index (χ2n) is 8.25. The summed E-state index contributed by atoms with van der Waals surface area (Å²) in [6, 6.07) is 15.4. The number of carbonyl (C=O) groups excluding carboxylic acids is 2. The van der Waals surface area contributed by atoms with Gasteiger partial charge in [0.1, 0.15) is 17.4 Å². The molecule has 1 aromatic heterocycles. The van der Waals surface area contributed by atoms with Crippen LogP contribution in [0.15, 0.2) is 60.8 Å². The maximum absolute atomic E-state index is 13.2. The highest BCUT2D eigenvalue weighted by Crippen LogP contribution is 2.27. The van der Waals surface area contributed by atoms with Crippen LogP contribution >= 0.6 is 11.6 Å². The van der Waals surface area contributed by atoms with E-state index in [9.17, 15) is 9.59 Å². The van der Waals surface area contributed by atoms with Gasteiger partial charge in [0.2, 0.25) is 0 Å². The lowest BCUT2D eigenvalue weighted by Gasteiger charge is -2.16. The number of nitrogens with two attached hydrogens (primary N) is 1. The third-order valence-corrected chi connectivity index (χ3v) is 5.39. The molecule has 6 N–H and O–H groups in total. The Hall–Kier alpha value is -4.15. The molecule has 0 bridgehead atoms. The molecule has 2 aromatic carbocycles. The van der Waals surface area contributed by atoms with E-state index in [-0.39, 0.29) is 18.1 Å². The lowest BCUT2D eigenvalue weighted by Crippen LogP contribution is -2.30. The second kappa shape index (κ2) is 13.2. The quantitative estimate of drug-likeness (QED) is 0.147. The van der Waals surface area contributed by atoms with Gasteiger partial charge >= 0.3 is 0 Å². The molecule has 0 atom stereocenters. The largest absolute Gasteiger partial charge is 0.484 e. The molecule has 0 aliphatic heterocycles. The number of amides is 2. The minimum Gasteiger partial charge on any atom is -0.484 e. The zero-order valence-electron chi connectivity index (χ0n) is 20.7. The van der Waals surface area contributed by atoms with Crippen molar-refractivity contribution in [1.29, 1.82) is 5.41 Å². The molecule has 37 heavy (non-hydrogen) atoms. The van der Waals surface area contributed by atoms with E-state index in [1.807, 2.05) is 38.4 Å². The predicted octanol–water partition coefficient (Wildman–Crippen LogP) is 3.46. The van der Waals surface area contributed by atoms with Crippen LogP contribution in [0.5, 0.6) is 5.75 Å². The van der Waals surface area contributed by atoms with Crippen LogP contribution in [-0.4, -0.2) is 61.3 Å². The SMILES string of the molecule is CN(C)C(=N)c1ccc(Nc2ccc(OCC(=O)NCCCN)cc2C(=O)Nc2ccc(Cl)cn2)cc1. The third kappa shape index (κ3) is 8.19. The van der Waals surface area contributed by atoms with Gasteiger partial charge in [0, 0.05) is 38.1 Å². The summed E-state index contributed by atoms with van der Waals surface area (Å²) in [7, 11) is 3.62. The first kappa shape index (κ1) is 27.4. The zero-order chi connectivity index (χ0) is 26.8. The topological polar surface area (TPSA) is 145 Å². The van der Waals surface area contributed by atoms with E-state index in [1.165, 1.54) is 6.20 Å². The molecule has 3 aromatic rings. The third-order valence-electron chi connectivity index (χ3n) is 5.16. The molecule has 0 saturated carbocycles. The molecule has 2 amide bonds. The Morgan fingerprint density at radius 1 is 1.11 bits per heavy atom. The number of benzene rings is 2. The predicted molar refractivity (Wildman–Crippen MR) is 146 cm³/mol. The minimum absolute atomic E-state index is 0.198. The van der Waals surface area contributed by atoms with Crippen LogP contribution < -0.4 is 26.4 Å². The molecule has 0 radical (unpaired) electrons. The number of hydrogen-bond acceptors (Lipinski definition) is 7. The van der Waals surface area contributed by atoms with E-state index in [0.29, 0.717) is 47.6 Å². The van der Waals surface area contributed by atoms with Gasteiger partial charge in [-0.1, -0.05) is 11.6 Å². The van der Waals surface area contributed by atoms with Gasteiger partial charge in [0.15, 0.2) is 6.61 Å². The Balaban J connectivity index is 1.81. The first-order valence-corrected chi connectivity index (χ1v) is 11.9. The van der Waals surface area contributed by atoms with E-state index in [1.54, 1.807) is 35.2 Å². The number of ether oxygens (including phenoxy) is 1. The summed E-state index contributed by atoms with van der Waals surface area (Å²) in [6.45, 7) is 0.754. The van der Waals surface area contributed by atoms with Crippen molar-refractivity contribution in [2.45, 2.75) is 6.42 Å². The van der Waals surface area contributed by atoms with Crippen molar-refractivity contribution in [3.05, 3.63) is 76.9 Å². The second-order valence-corrected chi connectivity index (χ2v) is 8.69. The fraction of sp³-hybridized carbons (Fsp3) is 0.231. The first-order valence-electron chi connectivity index (χ1n) is 11.6. The summed E-state index contributed by atoms with van der Waals surface area (Å²) in [4.78, 5) is 31.0. The van der Waals surface area contributed by atoms with Crippen LogP contribution in [0.3, 0.4) is 0 Å². The summed E-state index contributed by atoms with van der Waals surface area (Å²) >= 11 is 5.89. The fourth-order valence-electron chi connectivity index (χ4n) is 3.20. The van der Waals surface area contributed by atoms with E-state index in [0.717, 1.165) is 11.3 Å². The van der Waals surface area contributed by atoms with Crippen molar-refractivity contribution < 1.29 is 14.3 Å². The lowest BCUT2D eigenvalue weighted by molar-refractivity contribution is -0.123. The van der Waals surface area contributed by atoms with Crippen LogP contribution in [-0.2, 0) is 4.79 Å². The molecule has 10 nitrogen and oxygen atoms in total. The maximum atomic E-state index is 13.2. The van der Waals surface area contributed by atoms with Gasteiger partial charge in [-0.15, -0.1) is 0 Å². The molecule has 0 aliphatic carbocycles. The highest BCUT2D eigenvalue weighted by atomic mass is 35.5. The molecule has 194 valence electrons. The van der Waals surface area contributed by atoms with Crippen molar-refractivity contribution in [1.82, 2.24) is 15.2 Å². The number of rotatable bonds is 11. The number of amidine groups is 1. The maximum Gasteiger partial charge on any atom is 0.259 e. The average molecular weight is 524 g/mol. The van der Waals surface area contributed by atoms with Gasteiger partial charge in [0.05, 0.1) is 16.3 Å². The van der Waals surface area contributed by atoms with Crippen LogP contribution in [0.2, 0.25) is 5.02 Å². The van der Waals surface area contributed by atoms with Crippen LogP contribution in [0.1, 0.15) is 22.3 Å². The Labute approximate surface area is 220 Å².